The van der Waals surface area contributed by atoms with Crippen LogP contribution in [0.4, 0.5) is 11.5 Å². The van der Waals surface area contributed by atoms with Crippen LogP contribution in [0.15, 0.2) is 42.7 Å². The van der Waals surface area contributed by atoms with E-state index in [0.717, 1.165) is 28.9 Å². The number of aromatic nitrogens is 7. The first-order chi connectivity index (χ1) is 18.9. The number of rotatable bonds is 6. The molecule has 0 saturated heterocycles. The zero-order valence-corrected chi connectivity index (χ0v) is 21.6. The number of aryl methyl sites for hydroxylation is 1. The summed E-state index contributed by atoms with van der Waals surface area (Å²) in [6.07, 6.45) is 1.64. The Morgan fingerprint density at radius 1 is 1.21 bits per heavy atom. The van der Waals surface area contributed by atoms with E-state index in [1.54, 1.807) is 43.2 Å². The summed E-state index contributed by atoms with van der Waals surface area (Å²) in [4.78, 5) is 9.41. The van der Waals surface area contributed by atoms with E-state index in [9.17, 15) is 10.4 Å². The van der Waals surface area contributed by atoms with Crippen molar-refractivity contribution in [3.05, 3.63) is 70.9 Å². The molecule has 12 nitrogen and oxygen atoms in total. The molecule has 0 amide bonds. The van der Waals surface area contributed by atoms with Crippen LogP contribution in [0, 0.1) is 18.3 Å². The monoisotopic (exact) mass is 523 g/mol. The van der Waals surface area contributed by atoms with E-state index >= 15 is 0 Å². The number of nitrogens with one attached hydrogen (secondary N) is 1. The van der Waals surface area contributed by atoms with Crippen molar-refractivity contribution in [3.63, 3.8) is 0 Å². The normalized spacial score (nSPS) is 13.6. The molecule has 0 bridgehead atoms. The van der Waals surface area contributed by atoms with E-state index in [2.05, 4.69) is 31.7 Å². The lowest BCUT2D eigenvalue weighted by Gasteiger charge is -2.17. The van der Waals surface area contributed by atoms with Crippen LogP contribution in [0.1, 0.15) is 41.2 Å². The fourth-order valence-electron chi connectivity index (χ4n) is 4.65. The van der Waals surface area contributed by atoms with Gasteiger partial charge in [0.15, 0.2) is 17.3 Å². The molecule has 5 heterocycles. The van der Waals surface area contributed by atoms with E-state index in [0.29, 0.717) is 53.2 Å². The predicted molar refractivity (Wildman–Crippen MR) is 141 cm³/mol. The quantitative estimate of drug-likeness (QED) is 0.339. The fraction of sp³-hybridized carbons (Fsp3) is 0.259. The van der Waals surface area contributed by atoms with Crippen molar-refractivity contribution in [1.29, 1.82) is 5.26 Å². The van der Waals surface area contributed by atoms with Gasteiger partial charge in [0.05, 0.1) is 48.8 Å². The third-order valence-electron chi connectivity index (χ3n) is 6.62. The fourth-order valence-corrected chi connectivity index (χ4v) is 4.65. The van der Waals surface area contributed by atoms with Crippen LogP contribution in [0.5, 0.6) is 5.75 Å². The second-order valence-corrected chi connectivity index (χ2v) is 9.24. The van der Waals surface area contributed by atoms with Gasteiger partial charge in [-0.25, -0.2) is 14.6 Å². The topological polar surface area (TPSA) is 149 Å². The highest BCUT2D eigenvalue weighted by molar-refractivity contribution is 5.86. The van der Waals surface area contributed by atoms with Gasteiger partial charge in [-0.2, -0.15) is 15.5 Å². The van der Waals surface area contributed by atoms with Gasteiger partial charge in [-0.05, 0) is 44.2 Å². The van der Waals surface area contributed by atoms with Gasteiger partial charge in [-0.1, -0.05) is 0 Å². The van der Waals surface area contributed by atoms with Crippen molar-refractivity contribution in [2.45, 2.75) is 33.0 Å². The number of pyridine rings is 1. The lowest BCUT2D eigenvalue weighted by atomic mass is 10.1. The van der Waals surface area contributed by atoms with Crippen LogP contribution in [-0.2, 0) is 17.8 Å². The zero-order chi connectivity index (χ0) is 27.1. The van der Waals surface area contributed by atoms with Gasteiger partial charge in [0.2, 0.25) is 0 Å². The number of nitrogens with zero attached hydrogens (tertiary/aromatic N) is 8. The first-order valence-electron chi connectivity index (χ1n) is 12.4. The number of anilines is 2. The molecule has 39 heavy (non-hydrogen) atoms. The highest BCUT2D eigenvalue weighted by atomic mass is 16.5. The average molecular weight is 524 g/mol. The molecular weight excluding hydrogens is 498 g/mol. The minimum absolute atomic E-state index is 0.269. The van der Waals surface area contributed by atoms with E-state index in [1.807, 2.05) is 29.7 Å². The minimum Gasteiger partial charge on any atom is -0.494 e. The molecule has 0 aliphatic carbocycles. The summed E-state index contributed by atoms with van der Waals surface area (Å²) in [5.41, 5.74) is 5.71. The lowest BCUT2D eigenvalue weighted by Crippen LogP contribution is -2.13. The number of benzene rings is 1. The number of imidazole rings is 1. The summed E-state index contributed by atoms with van der Waals surface area (Å²) in [6.45, 7) is 4.66. The molecule has 6 rings (SSSR count). The van der Waals surface area contributed by atoms with Crippen LogP contribution in [0.2, 0.25) is 0 Å². The van der Waals surface area contributed by atoms with Gasteiger partial charge in [-0.15, -0.1) is 5.10 Å². The van der Waals surface area contributed by atoms with E-state index < -0.39 is 6.10 Å². The van der Waals surface area contributed by atoms with Crippen molar-refractivity contribution in [2.75, 3.05) is 19.0 Å². The zero-order valence-electron chi connectivity index (χ0n) is 21.6. The smallest absolute Gasteiger partial charge is 0.163 e. The molecule has 0 radical (unpaired) electrons. The maximum Gasteiger partial charge on any atom is 0.163 e. The van der Waals surface area contributed by atoms with Gasteiger partial charge in [0.25, 0.3) is 0 Å². The summed E-state index contributed by atoms with van der Waals surface area (Å²) in [7, 11) is 1.60. The Hall–Kier alpha value is -4.86. The number of hydrogen-bond donors (Lipinski definition) is 2. The van der Waals surface area contributed by atoms with Crippen LogP contribution < -0.4 is 10.1 Å². The first-order valence-corrected chi connectivity index (χ1v) is 12.4. The highest BCUT2D eigenvalue weighted by Crippen LogP contribution is 2.33. The summed E-state index contributed by atoms with van der Waals surface area (Å²) in [6, 6.07) is 13.0. The van der Waals surface area contributed by atoms with Crippen molar-refractivity contribution in [2.24, 2.45) is 0 Å². The Morgan fingerprint density at radius 2 is 2.08 bits per heavy atom. The Kier molecular flexibility index (Phi) is 6.14. The molecule has 1 unspecified atom stereocenters. The molecular formula is C27H25N9O3. The third-order valence-corrected chi connectivity index (χ3v) is 6.62. The largest absolute Gasteiger partial charge is 0.494 e. The lowest BCUT2D eigenvalue weighted by molar-refractivity contribution is 0.109. The van der Waals surface area contributed by atoms with Crippen LogP contribution in [-0.4, -0.2) is 53.3 Å². The van der Waals surface area contributed by atoms with Crippen molar-refractivity contribution in [3.8, 4) is 23.5 Å². The second-order valence-electron chi connectivity index (χ2n) is 9.24. The van der Waals surface area contributed by atoms with Gasteiger partial charge in [0, 0.05) is 29.3 Å². The molecule has 1 aromatic carbocycles. The Bertz CT molecular complexity index is 1750. The van der Waals surface area contributed by atoms with Crippen LogP contribution in [0.25, 0.3) is 22.7 Å². The van der Waals surface area contributed by atoms with Crippen molar-refractivity contribution >= 4 is 22.5 Å². The standard InChI is InChI=1S/C27H25N9O3/c1-15-8-18(12-28)34-36(15)27-19(16(2)37)4-5-26(31-27)35-14-29-21-10-22(24(38-3)11-23(21)35)30-25-9-17-13-39-7-6-20(17)32-33-25/h4-5,8-11,14,16,37H,6-7,13H2,1-3H3,(H,30,33). The second kappa shape index (κ2) is 9.79. The summed E-state index contributed by atoms with van der Waals surface area (Å²) >= 11 is 0. The number of fused-ring (bicyclic) bond motifs is 2. The molecule has 4 aromatic heterocycles. The molecule has 1 atom stereocenters. The van der Waals surface area contributed by atoms with Gasteiger partial charge in [-0.3, -0.25) is 4.57 Å². The Balaban J connectivity index is 1.40. The number of hydrogen-bond acceptors (Lipinski definition) is 10. The Labute approximate surface area is 223 Å². The summed E-state index contributed by atoms with van der Waals surface area (Å²) in [5, 5.41) is 36.0. The molecule has 196 valence electrons. The Morgan fingerprint density at radius 3 is 2.85 bits per heavy atom. The maximum atomic E-state index is 10.4. The van der Waals surface area contributed by atoms with E-state index in [1.165, 1.54) is 0 Å². The molecule has 0 fully saturated rings. The van der Waals surface area contributed by atoms with Crippen LogP contribution >= 0.6 is 0 Å². The maximum absolute atomic E-state index is 10.4. The van der Waals surface area contributed by atoms with Crippen molar-refractivity contribution in [1.82, 2.24) is 34.5 Å². The molecule has 2 N–H and O–H groups in total. The first kappa shape index (κ1) is 24.5. The van der Waals surface area contributed by atoms with Crippen molar-refractivity contribution < 1.29 is 14.6 Å². The molecule has 0 spiro atoms. The number of methoxy groups -OCH3 is 1. The molecule has 1 aliphatic rings. The molecule has 0 saturated carbocycles. The number of aliphatic hydroxyl groups is 1. The van der Waals surface area contributed by atoms with E-state index in [4.69, 9.17) is 14.5 Å². The van der Waals surface area contributed by atoms with Gasteiger partial charge >= 0.3 is 0 Å². The minimum atomic E-state index is -0.790. The van der Waals surface area contributed by atoms with Gasteiger partial charge < -0.3 is 19.9 Å². The number of ether oxygens (including phenoxy) is 2. The third kappa shape index (κ3) is 4.43. The van der Waals surface area contributed by atoms with Crippen LogP contribution in [0.3, 0.4) is 0 Å². The SMILES string of the molecule is COc1cc2c(cc1Nc1cc3c(nn1)CCOC3)ncn2-c1ccc(C(C)O)c(-n2nc(C#N)cc2C)n1. The number of aliphatic hydroxyl groups excluding tert-OH is 1. The summed E-state index contributed by atoms with van der Waals surface area (Å²) < 4.78 is 14.6. The molecule has 1 aliphatic heterocycles. The number of nitriles is 1. The average Bonchev–Trinajstić information content (AvgIpc) is 3.54. The van der Waals surface area contributed by atoms with E-state index in [-0.39, 0.29) is 5.69 Å². The molecule has 12 heteroatoms. The molecule has 5 aromatic rings. The van der Waals surface area contributed by atoms with Gasteiger partial charge in [0.1, 0.15) is 24.0 Å². The summed E-state index contributed by atoms with van der Waals surface area (Å²) in [5.74, 6) is 2.17. The predicted octanol–water partition coefficient (Wildman–Crippen LogP) is 3.45. The highest BCUT2D eigenvalue weighted by Gasteiger charge is 2.19.